The lowest BCUT2D eigenvalue weighted by Gasteiger charge is -2.35. The molecule has 4 rings (SSSR count). The molecular formula is C50H64N10O11. The first-order valence-electron chi connectivity index (χ1n) is 21.9. The second-order valence-electron chi connectivity index (χ2n) is 16.9. The van der Waals surface area contributed by atoms with Gasteiger partial charge in [0.1, 0.15) is 23.3 Å². The minimum atomic E-state index is -1.24. The van der Waals surface area contributed by atoms with Crippen LogP contribution in [-0.4, -0.2) is 95.1 Å². The van der Waals surface area contributed by atoms with Gasteiger partial charge in [0.15, 0.2) is 0 Å². The van der Waals surface area contributed by atoms with E-state index < -0.39 is 58.3 Å². The van der Waals surface area contributed by atoms with Gasteiger partial charge in [-0.2, -0.15) is 5.10 Å². The number of aldehydes is 1. The molecule has 0 aliphatic heterocycles. The second kappa shape index (κ2) is 26.3. The Morgan fingerprint density at radius 3 is 1.27 bits per heavy atom. The summed E-state index contributed by atoms with van der Waals surface area (Å²) >= 11 is 0. The zero-order chi connectivity index (χ0) is 54.0. The Bertz CT molecular complexity index is 2640. The summed E-state index contributed by atoms with van der Waals surface area (Å²) in [6, 6.07) is 21.0. The standard InChI is InChI=1S/C25H31N5O5.C23H28N2O4.C2H5N3O2/c1-7-18-19(9-8-10-20(18)35-6)22(32)29-30(24(34)17-12-15(2)11-16(3)13-17)25(4,5)14-27-28-23(33)21(26)31;1-7-18-19(9-8-10-20(18)29-6)21(27)24-25(23(4,5)14-26)22(28)17-12-15(2)11-16(3)13-17;3-1(6)2(7)5-4/h8-14H,7H2,1-6H3,(H2,26,31)(H,28,33)(H,29,32);8-14H,7H2,1-6H3,(H,24,27);4H2,(H2,3,6)(H,5,7)/b27-14+;;. The number of nitrogens with one attached hydrogen (secondary N) is 4. The predicted octanol–water partition coefficient (Wildman–Crippen LogP) is 3.13. The van der Waals surface area contributed by atoms with Gasteiger partial charge in [0, 0.05) is 33.4 Å². The first kappa shape index (κ1) is 58.7. The number of hydrogen-bond donors (Lipinski definition) is 7. The molecule has 0 aromatic heterocycles. The molecule has 0 saturated heterocycles. The summed E-state index contributed by atoms with van der Waals surface area (Å²) in [6.45, 7) is 17.7. The van der Waals surface area contributed by atoms with Crippen molar-refractivity contribution in [2.24, 2.45) is 22.4 Å². The monoisotopic (exact) mass is 980 g/mol. The fourth-order valence-electron chi connectivity index (χ4n) is 6.85. The van der Waals surface area contributed by atoms with Gasteiger partial charge in [0.2, 0.25) is 0 Å². The summed E-state index contributed by atoms with van der Waals surface area (Å²) in [5.74, 6) is -0.715. The number of carbonyl (C=O) groups excluding carboxylic acids is 9. The maximum Gasteiger partial charge on any atom is 0.329 e. The van der Waals surface area contributed by atoms with Crippen molar-refractivity contribution in [3.05, 3.63) is 128 Å². The minimum Gasteiger partial charge on any atom is -0.496 e. The Morgan fingerprint density at radius 2 is 0.972 bits per heavy atom. The number of methoxy groups -OCH3 is 2. The third-order valence-corrected chi connectivity index (χ3v) is 10.2. The van der Waals surface area contributed by atoms with Crippen LogP contribution in [0, 0.1) is 27.7 Å². The number of carbonyl (C=O) groups is 9. The quantitative estimate of drug-likeness (QED) is 0.0254. The molecule has 0 heterocycles. The van der Waals surface area contributed by atoms with E-state index in [2.05, 4.69) is 27.5 Å². The Hall–Kier alpha value is -8.46. The molecule has 0 atom stereocenters. The number of primary amides is 2. The lowest BCUT2D eigenvalue weighted by molar-refractivity contribution is -0.137. The molecule has 0 spiro atoms. The van der Waals surface area contributed by atoms with Crippen molar-refractivity contribution in [3.8, 4) is 11.5 Å². The topological polar surface area (TPSA) is 317 Å². The number of rotatable bonds is 13. The third-order valence-electron chi connectivity index (χ3n) is 10.2. The number of hydrazine groups is 3. The van der Waals surface area contributed by atoms with Crippen LogP contribution in [0.15, 0.2) is 77.9 Å². The molecule has 4 aromatic rings. The largest absolute Gasteiger partial charge is 0.496 e. The fourth-order valence-corrected chi connectivity index (χ4v) is 6.85. The number of ether oxygens (including phenoxy) is 2. The van der Waals surface area contributed by atoms with Crippen LogP contribution in [0.25, 0.3) is 0 Å². The lowest BCUT2D eigenvalue weighted by Crippen LogP contribution is -2.58. The van der Waals surface area contributed by atoms with E-state index in [1.54, 1.807) is 101 Å². The van der Waals surface area contributed by atoms with Crippen LogP contribution in [-0.2, 0) is 36.8 Å². The van der Waals surface area contributed by atoms with Crippen molar-refractivity contribution in [1.29, 1.82) is 0 Å². The Labute approximate surface area is 412 Å². The molecule has 380 valence electrons. The highest BCUT2D eigenvalue weighted by molar-refractivity contribution is 6.34. The molecule has 10 N–H and O–H groups in total. The van der Waals surface area contributed by atoms with E-state index in [9.17, 15) is 43.2 Å². The SMILES string of the molecule is CCc1c(OC)cccc1C(=O)NN(C(=O)c1cc(C)cc(C)c1)C(C)(C)/C=N/NC(=O)C(N)=O.CCc1c(OC)cccc1C(=O)NN(C(=O)c1cc(C)cc(C)c1)C(C)(C)C=O.NNC(=O)C(N)=O. The van der Waals surface area contributed by atoms with E-state index in [0.717, 1.165) is 37.8 Å². The van der Waals surface area contributed by atoms with Gasteiger partial charge in [-0.15, -0.1) is 0 Å². The molecule has 0 bridgehead atoms. The van der Waals surface area contributed by atoms with Crippen LogP contribution in [0.5, 0.6) is 11.5 Å². The maximum atomic E-state index is 13.6. The van der Waals surface area contributed by atoms with E-state index in [-0.39, 0.29) is 0 Å². The van der Waals surface area contributed by atoms with Crippen LogP contribution in [0.4, 0.5) is 0 Å². The van der Waals surface area contributed by atoms with E-state index in [0.29, 0.717) is 58.4 Å². The molecule has 4 aromatic carbocycles. The normalized spacial score (nSPS) is 10.7. The van der Waals surface area contributed by atoms with Crippen LogP contribution in [0.2, 0.25) is 0 Å². The summed E-state index contributed by atoms with van der Waals surface area (Å²) < 4.78 is 10.7. The molecule has 0 fully saturated rings. The van der Waals surface area contributed by atoms with Crippen molar-refractivity contribution in [2.75, 3.05) is 14.2 Å². The molecular weight excluding hydrogens is 917 g/mol. The van der Waals surface area contributed by atoms with Crippen LogP contribution >= 0.6 is 0 Å². The van der Waals surface area contributed by atoms with E-state index in [1.807, 2.05) is 59.1 Å². The smallest absolute Gasteiger partial charge is 0.329 e. The van der Waals surface area contributed by atoms with Crippen LogP contribution in [0.1, 0.15) is 116 Å². The van der Waals surface area contributed by atoms with E-state index in [1.165, 1.54) is 13.3 Å². The number of hydrazone groups is 1. The highest BCUT2D eigenvalue weighted by Crippen LogP contribution is 2.26. The highest BCUT2D eigenvalue weighted by Gasteiger charge is 2.35. The second-order valence-corrected chi connectivity index (χ2v) is 16.9. The van der Waals surface area contributed by atoms with Crippen LogP contribution in [0.3, 0.4) is 0 Å². The molecule has 21 heteroatoms. The van der Waals surface area contributed by atoms with E-state index >= 15 is 0 Å². The van der Waals surface area contributed by atoms with Gasteiger partial charge < -0.3 is 25.7 Å². The predicted molar refractivity (Wildman–Crippen MR) is 265 cm³/mol. The maximum absolute atomic E-state index is 13.6. The minimum absolute atomic E-state index is 0.347. The molecule has 8 amide bonds. The molecule has 0 radical (unpaired) electrons. The number of nitrogens with zero attached hydrogens (tertiary/aromatic N) is 3. The third kappa shape index (κ3) is 16.3. The van der Waals surface area contributed by atoms with Crippen molar-refractivity contribution in [1.82, 2.24) is 31.7 Å². The summed E-state index contributed by atoms with van der Waals surface area (Å²) in [7, 11) is 3.06. The van der Waals surface area contributed by atoms with Crippen LogP contribution < -0.4 is 48.5 Å². The Balaban J connectivity index is 0.000000434. The first-order chi connectivity index (χ1) is 33.2. The van der Waals surface area contributed by atoms with Gasteiger partial charge in [0.25, 0.3) is 23.6 Å². The number of benzene rings is 4. The van der Waals surface area contributed by atoms with Gasteiger partial charge in [-0.05, 0) is 117 Å². The number of hydrogen-bond acceptors (Lipinski definition) is 13. The van der Waals surface area contributed by atoms with Gasteiger partial charge >= 0.3 is 23.6 Å². The van der Waals surface area contributed by atoms with Gasteiger partial charge in [-0.1, -0.05) is 60.4 Å². The van der Waals surface area contributed by atoms with Crippen molar-refractivity contribution in [2.45, 2.75) is 93.2 Å². The van der Waals surface area contributed by atoms with Crippen molar-refractivity contribution >= 4 is 59.8 Å². The molecule has 0 saturated carbocycles. The lowest BCUT2D eigenvalue weighted by atomic mass is 10.0. The molecule has 0 aliphatic rings. The van der Waals surface area contributed by atoms with Crippen molar-refractivity contribution < 1.29 is 52.6 Å². The molecule has 71 heavy (non-hydrogen) atoms. The Morgan fingerprint density at radius 1 is 0.606 bits per heavy atom. The average Bonchev–Trinajstić information content (AvgIpc) is 3.32. The summed E-state index contributed by atoms with van der Waals surface area (Å²) in [5.41, 5.74) is 22.3. The van der Waals surface area contributed by atoms with Gasteiger partial charge in [-0.3, -0.25) is 54.6 Å². The van der Waals surface area contributed by atoms with E-state index in [4.69, 9.17) is 15.2 Å². The van der Waals surface area contributed by atoms with Gasteiger partial charge in [-0.25, -0.2) is 21.3 Å². The molecule has 21 nitrogen and oxygen atoms in total. The fraction of sp³-hybridized carbons (Fsp3) is 0.320. The Kier molecular flexibility index (Phi) is 21.8. The molecule has 0 aliphatic carbocycles. The zero-order valence-electron chi connectivity index (χ0n) is 42.1. The number of nitrogens with two attached hydrogens (primary N) is 3. The molecule has 0 unspecified atom stereocenters. The summed E-state index contributed by atoms with van der Waals surface area (Å²) in [5, 5.41) is 5.97. The zero-order valence-corrected chi connectivity index (χ0v) is 42.1. The summed E-state index contributed by atoms with van der Waals surface area (Å²) in [6.07, 6.45) is 2.97. The highest BCUT2D eigenvalue weighted by atomic mass is 16.5. The summed E-state index contributed by atoms with van der Waals surface area (Å²) in [4.78, 5) is 107. The number of amides is 8. The first-order valence-corrected chi connectivity index (χ1v) is 21.9. The number of aryl methyl sites for hydroxylation is 4. The van der Waals surface area contributed by atoms with Gasteiger partial charge in [0.05, 0.1) is 26.0 Å². The van der Waals surface area contributed by atoms with Crippen molar-refractivity contribution in [3.63, 3.8) is 0 Å². The average molecular weight is 981 g/mol.